The number of hydrogen-bond acceptors (Lipinski definition) is 1. The van der Waals surface area contributed by atoms with E-state index in [-0.39, 0.29) is 5.41 Å². The van der Waals surface area contributed by atoms with Gasteiger partial charge in [-0.25, -0.2) is 0 Å². The Kier molecular flexibility index (Phi) is 7.21. The quantitative estimate of drug-likeness (QED) is 0.175. The Morgan fingerprint density at radius 2 is 0.960 bits per heavy atom. The third-order valence-corrected chi connectivity index (χ3v) is 10.5. The van der Waals surface area contributed by atoms with Gasteiger partial charge in [-0.05, 0) is 85.8 Å². The van der Waals surface area contributed by atoms with Crippen molar-refractivity contribution in [3.05, 3.63) is 199 Å². The molecule has 0 amide bonds. The first-order valence-electron chi connectivity index (χ1n) is 17.4. The van der Waals surface area contributed by atoms with Crippen molar-refractivity contribution in [2.45, 2.75) is 19.3 Å². The summed E-state index contributed by atoms with van der Waals surface area (Å²) in [7, 11) is 0. The Labute approximate surface area is 294 Å². The topological polar surface area (TPSA) is 3.24 Å². The summed E-state index contributed by atoms with van der Waals surface area (Å²) in [5, 5.41) is 2.43. The van der Waals surface area contributed by atoms with Crippen molar-refractivity contribution in [3.8, 4) is 44.5 Å². The molecule has 0 N–H and O–H groups in total. The van der Waals surface area contributed by atoms with Crippen LogP contribution in [0, 0.1) is 0 Å². The molecular formula is C49H37N. The molecule has 0 spiro atoms. The Bertz CT molecular complexity index is 2500. The molecule has 0 fully saturated rings. The first-order chi connectivity index (χ1) is 24.6. The van der Waals surface area contributed by atoms with E-state index in [4.69, 9.17) is 0 Å². The van der Waals surface area contributed by atoms with Crippen molar-refractivity contribution in [3.63, 3.8) is 0 Å². The van der Waals surface area contributed by atoms with Crippen LogP contribution in [0.3, 0.4) is 0 Å². The average Bonchev–Trinajstić information content (AvgIpc) is 3.41. The van der Waals surface area contributed by atoms with E-state index < -0.39 is 0 Å². The van der Waals surface area contributed by atoms with Gasteiger partial charge in [-0.3, -0.25) is 0 Å². The fourth-order valence-electron chi connectivity index (χ4n) is 8.03. The van der Waals surface area contributed by atoms with Crippen molar-refractivity contribution >= 4 is 27.8 Å². The van der Waals surface area contributed by atoms with E-state index in [1.165, 1.54) is 66.4 Å². The Morgan fingerprint density at radius 3 is 1.80 bits per heavy atom. The summed E-state index contributed by atoms with van der Waals surface area (Å²) in [5.41, 5.74) is 15.9. The van der Waals surface area contributed by atoms with Gasteiger partial charge in [0.05, 0.1) is 11.4 Å². The van der Waals surface area contributed by atoms with Crippen molar-refractivity contribution in [2.75, 3.05) is 4.90 Å². The first kappa shape index (κ1) is 29.9. The third-order valence-electron chi connectivity index (χ3n) is 10.5. The van der Waals surface area contributed by atoms with Crippen molar-refractivity contribution in [1.82, 2.24) is 0 Å². The Morgan fingerprint density at radius 1 is 0.380 bits per heavy atom. The summed E-state index contributed by atoms with van der Waals surface area (Å²) in [6, 6.07) is 68.7. The second kappa shape index (κ2) is 12.1. The minimum Gasteiger partial charge on any atom is -0.309 e. The zero-order valence-electron chi connectivity index (χ0n) is 28.3. The van der Waals surface area contributed by atoms with E-state index in [0.717, 1.165) is 17.1 Å². The van der Waals surface area contributed by atoms with Gasteiger partial charge in [-0.2, -0.15) is 0 Å². The predicted molar refractivity (Wildman–Crippen MR) is 213 cm³/mol. The van der Waals surface area contributed by atoms with Crippen molar-refractivity contribution in [2.24, 2.45) is 0 Å². The molecule has 1 aliphatic rings. The maximum Gasteiger partial charge on any atom is 0.0546 e. The zero-order valence-corrected chi connectivity index (χ0v) is 28.3. The van der Waals surface area contributed by atoms with Gasteiger partial charge in [0, 0.05) is 22.1 Å². The highest BCUT2D eigenvalue weighted by molar-refractivity contribution is 6.04. The monoisotopic (exact) mass is 639 g/mol. The van der Waals surface area contributed by atoms with Gasteiger partial charge >= 0.3 is 0 Å². The first-order valence-corrected chi connectivity index (χ1v) is 17.4. The summed E-state index contributed by atoms with van der Waals surface area (Å²) in [4.78, 5) is 2.49. The normalized spacial score (nSPS) is 12.8. The Hall–Kier alpha value is -6.18. The maximum absolute atomic E-state index is 2.49. The molecule has 238 valence electrons. The standard InChI is InChI=1S/C49H37N/c1-49(2)44-27-12-11-25-42(44)43-33-39(30-31-45(43)49)50(46-28-14-21-35-20-9-10-24-40(35)46)47-29-15-26-41(36-18-7-4-8-19-36)48(47)38-23-13-22-37(32-38)34-16-5-3-6-17-34/h3-33H,1-2H3. The number of benzene rings is 8. The number of nitrogens with zero attached hydrogens (tertiary/aromatic N) is 1. The molecule has 9 rings (SSSR count). The molecule has 0 heterocycles. The van der Waals surface area contributed by atoms with Gasteiger partial charge < -0.3 is 4.90 Å². The van der Waals surface area contributed by atoms with Crippen LogP contribution in [0.15, 0.2) is 188 Å². The minimum atomic E-state index is -0.0645. The molecule has 8 aromatic carbocycles. The van der Waals surface area contributed by atoms with E-state index in [1.807, 2.05) is 0 Å². The lowest BCUT2D eigenvalue weighted by Crippen LogP contribution is -2.16. The molecule has 0 radical (unpaired) electrons. The van der Waals surface area contributed by atoms with E-state index in [0.29, 0.717) is 0 Å². The van der Waals surface area contributed by atoms with Crippen LogP contribution in [0.2, 0.25) is 0 Å². The summed E-state index contributed by atoms with van der Waals surface area (Å²) in [6.07, 6.45) is 0. The highest BCUT2D eigenvalue weighted by Crippen LogP contribution is 2.52. The van der Waals surface area contributed by atoms with Crippen molar-refractivity contribution < 1.29 is 0 Å². The zero-order chi connectivity index (χ0) is 33.7. The Balaban J connectivity index is 1.35. The molecule has 1 aliphatic carbocycles. The van der Waals surface area contributed by atoms with Crippen LogP contribution < -0.4 is 4.90 Å². The summed E-state index contributed by atoms with van der Waals surface area (Å²) in [6.45, 7) is 4.70. The second-order valence-corrected chi connectivity index (χ2v) is 13.7. The van der Waals surface area contributed by atoms with Gasteiger partial charge in [-0.1, -0.05) is 172 Å². The molecule has 0 atom stereocenters. The van der Waals surface area contributed by atoms with Crippen LogP contribution in [-0.4, -0.2) is 0 Å². The van der Waals surface area contributed by atoms with E-state index in [2.05, 4.69) is 207 Å². The maximum atomic E-state index is 2.49. The van der Waals surface area contributed by atoms with E-state index in [1.54, 1.807) is 0 Å². The SMILES string of the molecule is CC1(C)c2ccccc2-c2cc(N(c3cccc(-c4ccccc4)c3-c3cccc(-c4ccccc4)c3)c3cccc4ccccc34)ccc21. The fraction of sp³-hybridized carbons (Fsp3) is 0.0612. The largest absolute Gasteiger partial charge is 0.309 e. The van der Waals surface area contributed by atoms with Crippen LogP contribution >= 0.6 is 0 Å². The van der Waals surface area contributed by atoms with Crippen LogP contribution in [0.25, 0.3) is 55.3 Å². The second-order valence-electron chi connectivity index (χ2n) is 13.7. The number of fused-ring (bicyclic) bond motifs is 4. The molecule has 0 aromatic heterocycles. The fourth-order valence-corrected chi connectivity index (χ4v) is 8.03. The summed E-state index contributed by atoms with van der Waals surface area (Å²) < 4.78 is 0. The average molecular weight is 640 g/mol. The van der Waals surface area contributed by atoms with Gasteiger partial charge in [0.15, 0.2) is 0 Å². The van der Waals surface area contributed by atoms with Crippen LogP contribution in [0.1, 0.15) is 25.0 Å². The van der Waals surface area contributed by atoms with E-state index >= 15 is 0 Å². The molecule has 0 aliphatic heterocycles. The molecular weight excluding hydrogens is 603 g/mol. The minimum absolute atomic E-state index is 0.0645. The van der Waals surface area contributed by atoms with Crippen LogP contribution in [0.4, 0.5) is 17.1 Å². The molecule has 50 heavy (non-hydrogen) atoms. The molecule has 8 aromatic rings. The highest BCUT2D eigenvalue weighted by Gasteiger charge is 2.35. The summed E-state index contributed by atoms with van der Waals surface area (Å²) >= 11 is 0. The number of hydrogen-bond donors (Lipinski definition) is 0. The van der Waals surface area contributed by atoms with Crippen molar-refractivity contribution in [1.29, 1.82) is 0 Å². The van der Waals surface area contributed by atoms with Gasteiger partial charge in [0.25, 0.3) is 0 Å². The molecule has 0 unspecified atom stereocenters. The third kappa shape index (κ3) is 4.94. The lowest BCUT2D eigenvalue weighted by atomic mass is 9.82. The molecule has 0 bridgehead atoms. The summed E-state index contributed by atoms with van der Waals surface area (Å²) in [5.74, 6) is 0. The van der Waals surface area contributed by atoms with Gasteiger partial charge in [0.1, 0.15) is 0 Å². The highest BCUT2D eigenvalue weighted by atomic mass is 15.1. The molecule has 0 saturated heterocycles. The molecule has 0 saturated carbocycles. The smallest absolute Gasteiger partial charge is 0.0546 e. The number of anilines is 3. The van der Waals surface area contributed by atoms with Gasteiger partial charge in [0.2, 0.25) is 0 Å². The van der Waals surface area contributed by atoms with Gasteiger partial charge in [-0.15, -0.1) is 0 Å². The van der Waals surface area contributed by atoms with Crippen LogP contribution in [-0.2, 0) is 5.41 Å². The number of rotatable bonds is 6. The predicted octanol–water partition coefficient (Wildman–Crippen LogP) is 13.6. The molecule has 1 heteroatoms. The lowest BCUT2D eigenvalue weighted by Gasteiger charge is -2.31. The van der Waals surface area contributed by atoms with E-state index in [9.17, 15) is 0 Å². The van der Waals surface area contributed by atoms with Crippen LogP contribution in [0.5, 0.6) is 0 Å². The molecule has 1 nitrogen and oxygen atoms in total. The lowest BCUT2D eigenvalue weighted by molar-refractivity contribution is 0.660.